The van der Waals surface area contributed by atoms with Gasteiger partial charge in [0.1, 0.15) is 0 Å². The molecule has 0 aromatic heterocycles. The average molecular weight is 2410 g/mol. The van der Waals surface area contributed by atoms with Crippen molar-refractivity contribution in [3.8, 4) is 72.8 Å². The number of hydrogen-bond acceptors (Lipinski definition) is 24. The Balaban J connectivity index is -0.0000000636. The van der Waals surface area contributed by atoms with Gasteiger partial charge in [0.2, 0.25) is 0 Å². The Morgan fingerprint density at radius 1 is 0.145 bits per heavy atom. The monoisotopic (exact) mass is 2400 g/mol. The van der Waals surface area contributed by atoms with E-state index in [-0.39, 0.29) is 206 Å². The SMILES string of the molecule is CCCC[N+](CCCC)(CCCC)CCCC.CCCC[N+](CCCC)(CCCC)CCCC.CCCC[N+](CCCC)(CCCC)CCCC.CCCC[N+](CCCC)(CCCC)CCCC.N#C/C([S-])=C(/[S-])C#N.N#C/C([S-])=C(/[S-])C#N.N#C/C([S-])=C(/[S-])C#N.N#C/C([S-])=C(/[S-])C#N.N#C/C([S-])=C(/[S-])C#N.N#C/C([S-])=C(/[S-])C#N.[Ag+].[Ag+].[Cu+].[Cu+].[Cu+].[Cu+].[Cu+].[Cu+]. The molecule has 16 nitrogen and oxygen atoms in total. The molecule has 0 aliphatic rings. The summed E-state index contributed by atoms with van der Waals surface area (Å²) in [6.07, 6.45) is 44.2. The van der Waals surface area contributed by atoms with Gasteiger partial charge >= 0.3 is 147 Å². The number of nitrogens with zero attached hydrogens (tertiary/aromatic N) is 16. The molecule has 0 aliphatic heterocycles. The van der Waals surface area contributed by atoms with Crippen molar-refractivity contribution in [2.24, 2.45) is 0 Å². The molecule has 0 unspecified atom stereocenters. The summed E-state index contributed by atoms with van der Waals surface area (Å²) in [7, 11) is 0. The van der Waals surface area contributed by atoms with E-state index in [1.807, 2.05) is 0 Å². The maximum atomic E-state index is 8.01. The van der Waals surface area contributed by atoms with E-state index in [9.17, 15) is 0 Å². The molecule has 0 radical (unpaired) electrons. The van der Waals surface area contributed by atoms with Crippen molar-refractivity contribution in [3.05, 3.63) is 58.9 Å². The zero-order valence-corrected chi connectivity index (χ0v) is 94.8. The second-order valence-electron chi connectivity index (χ2n) is 27.9. The van der Waals surface area contributed by atoms with E-state index in [2.05, 4.69) is 262 Å². The largest absolute Gasteiger partial charge is 1.00 e. The Bertz CT molecular complexity index is 2460. The van der Waals surface area contributed by atoms with Gasteiger partial charge < -0.3 is 169 Å². The van der Waals surface area contributed by atoms with E-state index < -0.39 is 0 Å². The fourth-order valence-corrected chi connectivity index (χ4v) is 11.7. The van der Waals surface area contributed by atoms with Gasteiger partial charge in [-0.1, -0.05) is 214 Å². The van der Waals surface area contributed by atoms with Crippen molar-refractivity contribution in [2.75, 3.05) is 105 Å². The first-order chi connectivity index (χ1) is 55.3. The minimum Gasteiger partial charge on any atom is -0.770 e. The summed E-state index contributed by atoms with van der Waals surface area (Å²) in [5.74, 6) is 0. The maximum absolute atomic E-state index is 8.01. The normalized spacial score (nSPS) is 10.7. The van der Waals surface area contributed by atoms with Gasteiger partial charge in [-0.2, -0.15) is 63.1 Å². The van der Waals surface area contributed by atoms with E-state index in [4.69, 9.17) is 63.1 Å². The first-order valence-corrected chi connectivity index (χ1v) is 46.9. The molecule has 0 N–H and O–H groups in total. The van der Waals surface area contributed by atoms with Crippen molar-refractivity contribution < 1.29 is 165 Å². The fraction of sp³-hybridized carbons (Fsp3) is 0.727. The van der Waals surface area contributed by atoms with Gasteiger partial charge in [-0.05, 0) is 103 Å². The van der Waals surface area contributed by atoms with Crippen molar-refractivity contribution in [2.45, 2.75) is 316 Å². The summed E-state index contributed by atoms with van der Waals surface area (Å²) in [5, 5.41) is 96.1. The van der Waals surface area contributed by atoms with Crippen LogP contribution >= 0.6 is 0 Å². The molecule has 0 rings (SSSR count). The van der Waals surface area contributed by atoms with E-state index in [0.29, 0.717) is 0 Å². The minimum absolute atomic E-state index is 0. The standard InChI is InChI=1S/4C16H36N.6C4H2N2S2.2Ag.6Cu/c4*1-5-9-13-17(14-10-6-2,15-11-7-3)16-12-8-4;6*5-1-3(7)4(8)2-6;;;;;;;;/h4*5-16H2,1-4H3;6*7-8H;;;;;;;;/q4*+1;;;;;;;8*+1/p-12/b;;;;6*4-3-;;;;;;;;. The van der Waals surface area contributed by atoms with Crippen molar-refractivity contribution in [1.82, 2.24) is 0 Å². The average Bonchev–Trinajstić information content (AvgIpc) is 0.890. The molecule has 0 fully saturated rings. The van der Waals surface area contributed by atoms with Crippen LogP contribution in [-0.2, 0) is 299 Å². The minimum atomic E-state index is -0.109. The third kappa shape index (κ3) is 108. The van der Waals surface area contributed by atoms with E-state index in [1.54, 1.807) is 72.8 Å². The summed E-state index contributed by atoms with van der Waals surface area (Å²) in [6.45, 7) is 60.1. The molecule has 0 bridgehead atoms. The van der Waals surface area contributed by atoms with Crippen molar-refractivity contribution in [3.63, 3.8) is 0 Å². The number of nitriles is 12. The second kappa shape index (κ2) is 127. The summed E-state index contributed by atoms with van der Waals surface area (Å²) in [6, 6.07) is 19.0. The second-order valence-corrected chi connectivity index (χ2v) is 32.8. The van der Waals surface area contributed by atoms with E-state index in [1.165, 1.54) is 328 Å². The number of allylic oxidation sites excluding steroid dienone is 12. The molecule has 0 saturated heterocycles. The smallest absolute Gasteiger partial charge is 0.770 e. The number of hydrogen-bond donors (Lipinski definition) is 0. The molecule has 0 aliphatic carbocycles. The Morgan fingerprint density at radius 2 is 0.194 bits per heavy atom. The third-order valence-corrected chi connectivity index (χ3v) is 22.6. The summed E-state index contributed by atoms with van der Waals surface area (Å²) in [4.78, 5) is -1.31. The summed E-state index contributed by atoms with van der Waals surface area (Å²) in [5.41, 5.74) is 0. The van der Waals surface area contributed by atoms with Crippen LogP contribution in [0.4, 0.5) is 0 Å². The van der Waals surface area contributed by atoms with Gasteiger partial charge in [-0.15, -0.1) is 58.9 Å². The first-order valence-electron chi connectivity index (χ1n) is 42.0. The summed E-state index contributed by atoms with van der Waals surface area (Å²) >= 11 is 52.2. The van der Waals surface area contributed by atoms with Crippen LogP contribution in [0.3, 0.4) is 0 Å². The molecule has 36 heteroatoms. The van der Waals surface area contributed by atoms with Crippen molar-refractivity contribution >= 4 is 152 Å². The van der Waals surface area contributed by atoms with Crippen LogP contribution < -0.4 is 0 Å². The van der Waals surface area contributed by atoms with Gasteiger partial charge in [0, 0.05) is 0 Å². The predicted octanol–water partition coefficient (Wildman–Crippen LogP) is 22.0. The van der Waals surface area contributed by atoms with Crippen LogP contribution in [0.15, 0.2) is 58.9 Å². The molecule has 0 saturated carbocycles. The van der Waals surface area contributed by atoms with Crippen LogP contribution in [0.1, 0.15) is 316 Å². The number of unbranched alkanes of at least 4 members (excludes halogenated alkanes) is 16. The summed E-state index contributed by atoms with van der Waals surface area (Å²) < 4.78 is 5.68. The van der Waals surface area contributed by atoms with Crippen molar-refractivity contribution in [1.29, 1.82) is 63.1 Å². The molecule has 124 heavy (non-hydrogen) atoms. The van der Waals surface area contributed by atoms with Crippen LogP contribution in [0.2, 0.25) is 0 Å². The number of rotatable bonds is 48. The van der Waals surface area contributed by atoms with Crippen LogP contribution in [0.25, 0.3) is 0 Å². The third-order valence-electron chi connectivity index (χ3n) is 18.2. The van der Waals surface area contributed by atoms with Gasteiger partial charge in [-0.25, -0.2) is 0 Å². The molecule has 0 amide bonds. The molecule has 0 atom stereocenters. The first kappa shape index (κ1) is 166. The Morgan fingerprint density at radius 3 is 0.226 bits per heavy atom. The van der Waals surface area contributed by atoms with Crippen LogP contribution in [-0.4, -0.2) is 123 Å². The molecule has 0 heterocycles. The van der Waals surface area contributed by atoms with Crippen LogP contribution in [0, 0.1) is 136 Å². The Labute approximate surface area is 921 Å². The van der Waals surface area contributed by atoms with Gasteiger partial charge in [-0.3, -0.25) is 0 Å². The number of quaternary nitrogens is 4. The van der Waals surface area contributed by atoms with Gasteiger partial charge in [0.25, 0.3) is 0 Å². The maximum Gasteiger partial charge on any atom is 1.00 e. The molecular weight excluding hydrogens is 2260 g/mol. The zero-order chi connectivity index (χ0) is 91.4. The molecule has 0 aromatic carbocycles. The Hall–Kier alpha value is -0.603. The van der Waals surface area contributed by atoms with Gasteiger partial charge in [0.15, 0.2) is 0 Å². The molecule has 0 aromatic rings. The van der Waals surface area contributed by atoms with E-state index >= 15 is 0 Å². The molecular formula is C88H144Ag2Cu6N16S12. The quantitative estimate of drug-likeness (QED) is 0.0237. The molecule has 0 spiro atoms. The molecule has 736 valence electrons. The van der Waals surface area contributed by atoms with Gasteiger partial charge in [0.05, 0.1) is 178 Å². The Kier molecular flexibility index (Phi) is 170. The fourth-order valence-electron chi connectivity index (χ4n) is 11.2. The topological polar surface area (TPSA) is 285 Å². The zero-order valence-electron chi connectivity index (χ0n) is 76.4. The predicted molar refractivity (Wildman–Crippen MR) is 515 cm³/mol. The van der Waals surface area contributed by atoms with E-state index in [0.717, 1.165) is 0 Å². The van der Waals surface area contributed by atoms with Crippen LogP contribution in [0.5, 0.6) is 0 Å².